The second kappa shape index (κ2) is 18.8. The Morgan fingerprint density at radius 1 is 0.896 bits per heavy atom. The Hall–Kier alpha value is -3.68. The number of hydrazone groups is 1. The van der Waals surface area contributed by atoms with Crippen LogP contribution in [-0.4, -0.2) is 47.2 Å². The summed E-state index contributed by atoms with van der Waals surface area (Å²) in [6, 6.07) is 7.33. The maximum Gasteiger partial charge on any atom is 0.416 e. The Balaban J connectivity index is 0.00000565. The van der Waals surface area contributed by atoms with Crippen molar-refractivity contribution in [3.05, 3.63) is 64.2 Å². The second-order valence-corrected chi connectivity index (χ2v) is 12.3. The normalized spacial score (nSPS) is 12.3. The van der Waals surface area contributed by atoms with Crippen LogP contribution in [0.15, 0.2) is 41.5 Å². The van der Waals surface area contributed by atoms with E-state index in [0.29, 0.717) is 31.6 Å². The van der Waals surface area contributed by atoms with E-state index in [1.54, 1.807) is 0 Å². The fraction of sp³-hybridized carbons (Fsp3) is 0.588. The molecule has 14 heteroatoms. The fourth-order valence-electron chi connectivity index (χ4n) is 5.30. The molecule has 0 bridgehead atoms. The zero-order valence-corrected chi connectivity index (χ0v) is 29.1. The number of benzene rings is 2. The lowest BCUT2D eigenvalue weighted by atomic mass is 9.86. The first-order chi connectivity index (χ1) is 22.3. The number of rotatable bonds is 16. The van der Waals surface area contributed by atoms with Crippen molar-refractivity contribution in [3.8, 4) is 0 Å². The highest BCUT2D eigenvalue weighted by Crippen LogP contribution is 2.37. The molecule has 0 radical (unpaired) electrons. The molecule has 0 spiro atoms. The van der Waals surface area contributed by atoms with E-state index in [9.17, 15) is 31.1 Å². The smallest absolute Gasteiger partial charge is 0.416 e. The van der Waals surface area contributed by atoms with Gasteiger partial charge < -0.3 is 20.6 Å². The average molecular weight is 691 g/mol. The lowest BCUT2D eigenvalue weighted by Gasteiger charge is -2.36. The number of nitrogens with zero attached hydrogens (tertiary/aromatic N) is 4. The Bertz CT molecular complexity index is 1300. The summed E-state index contributed by atoms with van der Waals surface area (Å²) in [5, 5.41) is 13.9. The molecule has 0 aromatic heterocycles. The van der Waals surface area contributed by atoms with E-state index in [1.807, 2.05) is 32.9 Å². The summed E-state index contributed by atoms with van der Waals surface area (Å²) in [5.41, 5.74) is 5.62. The molecular formula is C34H52F6N6O2. The van der Waals surface area contributed by atoms with Crippen molar-refractivity contribution in [1.82, 2.24) is 10.0 Å². The van der Waals surface area contributed by atoms with Gasteiger partial charge in [-0.05, 0) is 72.6 Å². The molecule has 0 fully saturated rings. The summed E-state index contributed by atoms with van der Waals surface area (Å²) < 4.78 is 81.7. The number of aliphatic carboxylic acids is 1. The van der Waals surface area contributed by atoms with Crippen LogP contribution in [0.2, 0.25) is 0 Å². The van der Waals surface area contributed by atoms with Gasteiger partial charge in [-0.2, -0.15) is 26.3 Å². The van der Waals surface area contributed by atoms with E-state index in [2.05, 4.69) is 36.8 Å². The number of aryl methyl sites for hydroxylation is 1. The third-order valence-corrected chi connectivity index (χ3v) is 7.49. The zero-order chi connectivity index (χ0) is 36.9. The molecule has 0 heterocycles. The number of hydrazine groups is 1. The van der Waals surface area contributed by atoms with Crippen LogP contribution < -0.4 is 16.5 Å². The number of alkyl halides is 6. The number of nitrogens with two attached hydrogens (primary N) is 2. The number of hydrogen-bond donors (Lipinski definition) is 3. The number of hydrogen-bond acceptors (Lipinski definition) is 5. The Morgan fingerprint density at radius 2 is 1.48 bits per heavy atom. The lowest BCUT2D eigenvalue weighted by molar-refractivity contribution is -0.143. The van der Waals surface area contributed by atoms with Crippen molar-refractivity contribution in [2.24, 2.45) is 22.1 Å². The molecule has 0 unspecified atom stereocenters. The van der Waals surface area contributed by atoms with E-state index in [4.69, 9.17) is 16.7 Å². The number of carboxylic acid groups (broad SMARTS) is 1. The highest BCUT2D eigenvalue weighted by Gasteiger charge is 2.37. The van der Waals surface area contributed by atoms with Crippen molar-refractivity contribution in [2.75, 3.05) is 25.0 Å². The molecule has 0 saturated carbocycles. The molecule has 2 aromatic carbocycles. The first-order valence-electron chi connectivity index (χ1n) is 16.2. The maximum absolute atomic E-state index is 13.6. The number of anilines is 1. The SMILES string of the molecule is CC.CCCc1ccc(CN(Cc2cc(C(F)(F)F)cc(C(F)(F)F)c2)/C(N)=N/N(C)N)c(N(CC)CC(C)(C)CCCCC(=O)O)c1. The predicted octanol–water partition coefficient (Wildman–Crippen LogP) is 8.24. The molecule has 0 aliphatic rings. The predicted molar refractivity (Wildman–Crippen MR) is 179 cm³/mol. The van der Waals surface area contributed by atoms with Gasteiger partial charge in [-0.25, -0.2) is 11.0 Å². The maximum atomic E-state index is 13.6. The zero-order valence-electron chi connectivity index (χ0n) is 29.1. The van der Waals surface area contributed by atoms with Crippen LogP contribution in [-0.2, 0) is 36.7 Å². The molecule has 0 amide bonds. The molecule has 2 rings (SSSR count). The van der Waals surface area contributed by atoms with Crippen LogP contribution in [0.25, 0.3) is 0 Å². The minimum absolute atomic E-state index is 0.0120. The van der Waals surface area contributed by atoms with Gasteiger partial charge in [0.25, 0.3) is 0 Å². The van der Waals surface area contributed by atoms with E-state index < -0.39 is 36.0 Å². The van der Waals surface area contributed by atoms with Gasteiger partial charge in [0.2, 0.25) is 5.96 Å². The van der Waals surface area contributed by atoms with E-state index in [-0.39, 0.29) is 36.0 Å². The van der Waals surface area contributed by atoms with Gasteiger partial charge in [0.05, 0.1) is 11.1 Å². The van der Waals surface area contributed by atoms with Crippen molar-refractivity contribution >= 4 is 17.6 Å². The molecule has 0 atom stereocenters. The molecule has 0 aliphatic carbocycles. The van der Waals surface area contributed by atoms with Gasteiger partial charge in [-0.15, -0.1) is 5.10 Å². The fourth-order valence-corrected chi connectivity index (χ4v) is 5.30. The van der Waals surface area contributed by atoms with Crippen molar-refractivity contribution in [2.45, 2.75) is 106 Å². The number of carbonyl (C=O) groups is 1. The van der Waals surface area contributed by atoms with Crippen LogP contribution in [0.1, 0.15) is 101 Å². The van der Waals surface area contributed by atoms with E-state index in [0.717, 1.165) is 47.6 Å². The standard InChI is InChI=1S/C32H46F6N6O2.C2H6/c1-6-10-22-12-13-24(27(17-22)43(7-2)21-30(3,4)14-9-8-11-28(45)46)20-44(29(39)41-42(5)40)19-23-15-25(31(33,34)35)18-26(16-23)32(36,37)38;1-2/h12-13,15-18H,6-11,14,19-21,40H2,1-5H3,(H2,39,41)(H,45,46);1-2H3. The number of unbranched alkanes of at least 4 members (excludes halogenated alkanes) is 1. The van der Waals surface area contributed by atoms with Crippen LogP contribution in [0.5, 0.6) is 0 Å². The second-order valence-electron chi connectivity index (χ2n) is 12.3. The first-order valence-corrected chi connectivity index (χ1v) is 16.2. The number of guanidine groups is 1. The topological polar surface area (TPSA) is 111 Å². The minimum atomic E-state index is -5.00. The Kier molecular flexibility index (Phi) is 16.5. The number of carboxylic acids is 1. The van der Waals surface area contributed by atoms with Crippen molar-refractivity contribution in [3.63, 3.8) is 0 Å². The van der Waals surface area contributed by atoms with Gasteiger partial charge in [-0.1, -0.05) is 59.6 Å². The van der Waals surface area contributed by atoms with E-state index in [1.165, 1.54) is 11.9 Å². The molecular weight excluding hydrogens is 638 g/mol. The van der Waals surface area contributed by atoms with Gasteiger partial charge in [0.15, 0.2) is 0 Å². The molecule has 8 nitrogen and oxygen atoms in total. The minimum Gasteiger partial charge on any atom is -0.481 e. The Morgan fingerprint density at radius 3 is 1.96 bits per heavy atom. The monoisotopic (exact) mass is 690 g/mol. The highest BCUT2D eigenvalue weighted by molar-refractivity contribution is 5.78. The summed E-state index contributed by atoms with van der Waals surface area (Å²) in [6.45, 7) is 13.1. The summed E-state index contributed by atoms with van der Waals surface area (Å²) in [4.78, 5) is 14.5. The van der Waals surface area contributed by atoms with Crippen LogP contribution in [0.3, 0.4) is 0 Å². The first kappa shape index (κ1) is 42.3. The Labute approximate surface area is 280 Å². The summed E-state index contributed by atoms with van der Waals surface area (Å²) in [5.74, 6) is 4.64. The molecule has 48 heavy (non-hydrogen) atoms. The van der Waals surface area contributed by atoms with Crippen molar-refractivity contribution in [1.29, 1.82) is 0 Å². The highest BCUT2D eigenvalue weighted by atomic mass is 19.4. The summed E-state index contributed by atoms with van der Waals surface area (Å²) >= 11 is 0. The third kappa shape index (κ3) is 14.2. The van der Waals surface area contributed by atoms with Crippen molar-refractivity contribution < 1.29 is 36.2 Å². The van der Waals surface area contributed by atoms with Crippen LogP contribution >= 0.6 is 0 Å². The molecule has 0 aliphatic heterocycles. The third-order valence-electron chi connectivity index (χ3n) is 7.49. The molecule has 5 N–H and O–H groups in total. The summed E-state index contributed by atoms with van der Waals surface area (Å²) in [6.07, 6.45) is -6.10. The van der Waals surface area contributed by atoms with Gasteiger partial charge in [0, 0.05) is 45.3 Å². The van der Waals surface area contributed by atoms with Crippen LogP contribution in [0.4, 0.5) is 32.0 Å². The van der Waals surface area contributed by atoms with Gasteiger partial charge in [-0.3, -0.25) is 4.79 Å². The quantitative estimate of drug-likeness (QED) is 0.0406. The largest absolute Gasteiger partial charge is 0.481 e. The van der Waals surface area contributed by atoms with Crippen LogP contribution in [0, 0.1) is 5.41 Å². The van der Waals surface area contributed by atoms with Gasteiger partial charge in [0.1, 0.15) is 0 Å². The summed E-state index contributed by atoms with van der Waals surface area (Å²) in [7, 11) is 1.39. The average Bonchev–Trinajstić information content (AvgIpc) is 2.98. The number of halogens is 6. The molecule has 0 saturated heterocycles. The lowest BCUT2D eigenvalue weighted by Crippen LogP contribution is -2.40. The van der Waals surface area contributed by atoms with E-state index >= 15 is 0 Å². The molecule has 2 aromatic rings. The molecule has 272 valence electrons. The van der Waals surface area contributed by atoms with Gasteiger partial charge >= 0.3 is 18.3 Å².